The highest BCUT2D eigenvalue weighted by Crippen LogP contribution is 2.71. The van der Waals surface area contributed by atoms with Crippen molar-refractivity contribution in [2.45, 2.75) is 115 Å². The van der Waals surface area contributed by atoms with E-state index >= 15 is 0 Å². The van der Waals surface area contributed by atoms with Crippen molar-refractivity contribution in [3.8, 4) is 0 Å². The summed E-state index contributed by atoms with van der Waals surface area (Å²) < 4.78 is 11.4. The molecule has 0 spiro atoms. The van der Waals surface area contributed by atoms with E-state index in [1.54, 1.807) is 6.92 Å². The monoisotopic (exact) mass is 548 g/mol. The van der Waals surface area contributed by atoms with Crippen LogP contribution in [-0.4, -0.2) is 73.8 Å². The van der Waals surface area contributed by atoms with Crippen molar-refractivity contribution in [3.05, 3.63) is 23.3 Å². The number of hydrogen-bond acceptors (Lipinski definition) is 9. The van der Waals surface area contributed by atoms with Gasteiger partial charge in [0, 0.05) is 18.4 Å². The Kier molecular flexibility index (Phi) is 7.50. The summed E-state index contributed by atoms with van der Waals surface area (Å²) in [6, 6.07) is 0. The van der Waals surface area contributed by atoms with Gasteiger partial charge in [0.25, 0.3) is 0 Å². The molecule has 4 rings (SSSR count). The topological polar surface area (TPSA) is 151 Å². The maximum Gasteiger partial charge on any atom is 0.332 e. The Bertz CT molecular complexity index is 1110. The molecule has 0 aromatic rings. The van der Waals surface area contributed by atoms with Gasteiger partial charge in [-0.1, -0.05) is 38.0 Å². The molecule has 0 radical (unpaired) electrons. The van der Waals surface area contributed by atoms with Gasteiger partial charge in [0.15, 0.2) is 5.78 Å². The van der Waals surface area contributed by atoms with Crippen LogP contribution in [0.2, 0.25) is 0 Å². The summed E-state index contributed by atoms with van der Waals surface area (Å²) in [4.78, 5) is 37.7. The maximum absolute atomic E-state index is 13.1. The van der Waals surface area contributed by atoms with E-state index in [2.05, 4.69) is 0 Å². The summed E-state index contributed by atoms with van der Waals surface area (Å²) in [7, 11) is 0. The molecule has 0 bridgehead atoms. The molecule has 4 aliphatic rings. The van der Waals surface area contributed by atoms with Crippen LogP contribution in [0.5, 0.6) is 0 Å². The lowest BCUT2D eigenvalue weighted by Gasteiger charge is -2.67. The van der Waals surface area contributed by atoms with Gasteiger partial charge in [-0.25, -0.2) is 9.59 Å². The Labute approximate surface area is 230 Å². The number of esters is 2. The Morgan fingerprint density at radius 1 is 1.08 bits per heavy atom. The van der Waals surface area contributed by atoms with Gasteiger partial charge in [0.05, 0.1) is 5.41 Å². The quantitative estimate of drug-likeness (QED) is 0.223. The van der Waals surface area contributed by atoms with Crippen LogP contribution in [0.4, 0.5) is 0 Å². The Hall–Kier alpha value is -2.07. The van der Waals surface area contributed by atoms with E-state index < -0.39 is 70.1 Å². The number of ether oxygens (including phenoxy) is 2. The molecule has 0 saturated heterocycles. The predicted octanol–water partition coefficient (Wildman–Crippen LogP) is 2.53. The second kappa shape index (κ2) is 9.79. The number of carbonyl (C=O) groups is 3. The van der Waals surface area contributed by atoms with Gasteiger partial charge in [0.1, 0.15) is 35.6 Å². The first kappa shape index (κ1) is 29.9. The van der Waals surface area contributed by atoms with E-state index in [9.17, 15) is 29.7 Å². The largest absolute Gasteiger partial charge is 0.460 e. The second-order valence-corrected chi connectivity index (χ2v) is 13.0. The molecule has 9 heteroatoms. The van der Waals surface area contributed by atoms with Crippen LogP contribution in [0.3, 0.4) is 0 Å². The van der Waals surface area contributed by atoms with Crippen LogP contribution in [0.15, 0.2) is 23.3 Å². The lowest BCUT2D eigenvalue weighted by molar-refractivity contribution is -0.314. The van der Waals surface area contributed by atoms with E-state index in [4.69, 9.17) is 14.6 Å². The summed E-state index contributed by atoms with van der Waals surface area (Å²) in [6.45, 7) is 9.89. The summed E-state index contributed by atoms with van der Waals surface area (Å²) in [5.74, 6) is -2.29. The zero-order valence-corrected chi connectivity index (χ0v) is 24.0. The fraction of sp³-hybridized carbons (Fsp3) is 0.767. The Balaban J connectivity index is 1.79. The number of carbonyl (C=O) groups excluding carboxylic acids is 3. The van der Waals surface area contributed by atoms with E-state index in [1.807, 2.05) is 33.8 Å². The first-order chi connectivity index (χ1) is 18.0. The number of aliphatic hydroxyl groups is 4. The molecule has 2 unspecified atom stereocenters. The van der Waals surface area contributed by atoms with Crippen molar-refractivity contribution in [2.75, 3.05) is 6.61 Å². The third-order valence-corrected chi connectivity index (χ3v) is 11.1. The highest BCUT2D eigenvalue weighted by molar-refractivity contribution is 5.87. The number of ketones is 1. The normalized spacial score (nSPS) is 43.6. The van der Waals surface area contributed by atoms with Crippen molar-refractivity contribution in [3.63, 3.8) is 0 Å². The predicted molar refractivity (Wildman–Crippen MR) is 141 cm³/mol. The molecule has 218 valence electrons. The summed E-state index contributed by atoms with van der Waals surface area (Å²) in [5, 5.41) is 45.8. The van der Waals surface area contributed by atoms with Crippen LogP contribution in [0, 0.1) is 22.7 Å². The number of Topliss-reactive ketones (excluding diaryl/α,β-unsaturated/α-hetero) is 1. The number of hydrogen-bond donors (Lipinski definition) is 4. The Morgan fingerprint density at radius 2 is 1.74 bits per heavy atom. The number of fused-ring (bicyclic) bond motifs is 5. The van der Waals surface area contributed by atoms with Gasteiger partial charge in [-0.3, -0.25) is 4.79 Å². The molecule has 0 aromatic carbocycles. The number of aliphatic hydroxyl groups excluding tert-OH is 1. The van der Waals surface area contributed by atoms with Gasteiger partial charge >= 0.3 is 11.9 Å². The lowest BCUT2D eigenvalue weighted by Crippen LogP contribution is -2.78. The van der Waals surface area contributed by atoms with E-state index in [1.165, 1.54) is 13.0 Å². The fourth-order valence-electron chi connectivity index (χ4n) is 8.21. The van der Waals surface area contributed by atoms with E-state index in [-0.39, 0.29) is 31.6 Å². The third kappa shape index (κ3) is 4.14. The molecule has 0 amide bonds. The first-order valence-electron chi connectivity index (χ1n) is 14.1. The molecular formula is C30H44O9. The maximum atomic E-state index is 13.1. The summed E-state index contributed by atoms with van der Waals surface area (Å²) in [6.07, 6.45) is 3.44. The summed E-state index contributed by atoms with van der Waals surface area (Å²) in [5.41, 5.74) is -6.08. The average molecular weight is 549 g/mol. The van der Waals surface area contributed by atoms with Gasteiger partial charge in [0.2, 0.25) is 0 Å². The van der Waals surface area contributed by atoms with Gasteiger partial charge < -0.3 is 29.9 Å². The van der Waals surface area contributed by atoms with E-state index in [0.717, 1.165) is 11.1 Å². The fourth-order valence-corrected chi connectivity index (χ4v) is 8.21. The smallest absolute Gasteiger partial charge is 0.332 e. The lowest BCUT2D eigenvalue weighted by atomic mass is 9.42. The van der Waals surface area contributed by atoms with Crippen molar-refractivity contribution in [1.29, 1.82) is 0 Å². The van der Waals surface area contributed by atoms with Crippen molar-refractivity contribution < 1.29 is 44.3 Å². The molecular weight excluding hydrogens is 504 g/mol. The minimum absolute atomic E-state index is 0.0303. The highest BCUT2D eigenvalue weighted by Gasteiger charge is 2.81. The molecule has 9 nitrogen and oxygen atoms in total. The molecule has 4 aliphatic carbocycles. The minimum atomic E-state index is -1.99. The zero-order chi connectivity index (χ0) is 29.2. The van der Waals surface area contributed by atoms with Crippen LogP contribution < -0.4 is 0 Å². The average Bonchev–Trinajstić information content (AvgIpc) is 3.09. The van der Waals surface area contributed by atoms with Crippen LogP contribution >= 0.6 is 0 Å². The summed E-state index contributed by atoms with van der Waals surface area (Å²) >= 11 is 0. The van der Waals surface area contributed by atoms with Gasteiger partial charge in [-0.15, -0.1) is 0 Å². The van der Waals surface area contributed by atoms with Gasteiger partial charge in [-0.2, -0.15) is 0 Å². The second-order valence-electron chi connectivity index (χ2n) is 13.0. The first-order valence-corrected chi connectivity index (χ1v) is 14.1. The van der Waals surface area contributed by atoms with Crippen LogP contribution in [-0.2, 0) is 23.9 Å². The Morgan fingerprint density at radius 3 is 2.33 bits per heavy atom. The van der Waals surface area contributed by atoms with Crippen LogP contribution in [0.25, 0.3) is 0 Å². The molecule has 0 aliphatic heterocycles. The number of allylic oxidation sites excluding steroid dienone is 1. The van der Waals surface area contributed by atoms with Crippen molar-refractivity contribution in [2.24, 2.45) is 22.7 Å². The zero-order valence-electron chi connectivity index (χ0n) is 24.0. The van der Waals surface area contributed by atoms with Crippen molar-refractivity contribution in [1.82, 2.24) is 0 Å². The molecule has 8 atom stereocenters. The van der Waals surface area contributed by atoms with Crippen molar-refractivity contribution >= 4 is 17.7 Å². The molecule has 0 aromatic heterocycles. The molecule has 4 N–H and O–H groups in total. The highest BCUT2D eigenvalue weighted by atomic mass is 16.6. The van der Waals surface area contributed by atoms with Gasteiger partial charge in [-0.05, 0) is 70.6 Å². The standard InChI is InChI=1S/C30H44O9/c1-17(2)18(3)13-24(33)39-23-15-22-26(5)9-8-21(38-25(34)16-31)14-20(26)7-10-29(22,36)30(37)12-11-28(35,19(4)32)27(23,30)6/h7,13,17,21-23,31,35-37H,8-12,14-16H2,1-6H3/b18-13+/t21?,22?,23-,26+,27-,28-,29+,30-/m1/s1. The molecule has 0 heterocycles. The number of rotatable bonds is 6. The molecule has 3 saturated carbocycles. The molecule has 39 heavy (non-hydrogen) atoms. The van der Waals surface area contributed by atoms with E-state index in [0.29, 0.717) is 19.3 Å². The SMILES string of the molecule is CC(=O)[C@]1(O)CC[C@@]2(O)[C@]1(C)[C@H](OC(=O)/C=C(\C)C(C)C)CC1[C@@]3(C)CCC(OC(=O)CO)CC3=CC[C@]12O. The third-order valence-electron chi connectivity index (χ3n) is 11.1. The molecule has 3 fully saturated rings. The minimum Gasteiger partial charge on any atom is -0.460 e. The van der Waals surface area contributed by atoms with Crippen LogP contribution in [0.1, 0.15) is 86.5 Å².